The molecule has 4 aromatic rings. The summed E-state index contributed by atoms with van der Waals surface area (Å²) in [5.41, 5.74) is 8.56. The second-order valence-corrected chi connectivity index (χ2v) is 11.0. The average molecular weight is 489 g/mol. The van der Waals surface area contributed by atoms with E-state index in [0.29, 0.717) is 26.8 Å². The number of benzene rings is 3. The number of para-hydroxylation sites is 1. The molecule has 0 radical (unpaired) electrons. The highest BCUT2D eigenvalue weighted by Gasteiger charge is 2.24. The van der Waals surface area contributed by atoms with Gasteiger partial charge in [-0.05, 0) is 74.3 Å². The predicted molar refractivity (Wildman–Crippen MR) is 135 cm³/mol. The number of nitrogens with one attached hydrogen (secondary N) is 1. The van der Waals surface area contributed by atoms with E-state index in [1.807, 2.05) is 24.3 Å². The SMILES string of the molecule is NC(=O)c1cccc2[nH]c(C3CCN(CCc4ccc(S(=O)(=O)c5ccccc5)cc4)CC3)nc12. The molecule has 3 aromatic carbocycles. The minimum Gasteiger partial charge on any atom is -0.366 e. The second kappa shape index (κ2) is 9.64. The van der Waals surface area contributed by atoms with E-state index in [1.165, 1.54) is 0 Å². The van der Waals surface area contributed by atoms with Gasteiger partial charge in [-0.2, -0.15) is 0 Å². The van der Waals surface area contributed by atoms with E-state index in [0.717, 1.165) is 55.8 Å². The maximum Gasteiger partial charge on any atom is 0.250 e. The number of hydrogen-bond donors (Lipinski definition) is 2. The molecule has 1 aliphatic rings. The van der Waals surface area contributed by atoms with Crippen LogP contribution in [0.4, 0.5) is 0 Å². The van der Waals surface area contributed by atoms with Gasteiger partial charge in [0.1, 0.15) is 11.3 Å². The highest BCUT2D eigenvalue weighted by atomic mass is 32.2. The van der Waals surface area contributed by atoms with Crippen molar-refractivity contribution in [3.05, 3.63) is 89.7 Å². The normalized spacial score (nSPS) is 15.4. The van der Waals surface area contributed by atoms with Crippen LogP contribution in [0.25, 0.3) is 11.0 Å². The van der Waals surface area contributed by atoms with Crippen molar-refractivity contribution < 1.29 is 13.2 Å². The molecular formula is C27H28N4O3S. The summed E-state index contributed by atoms with van der Waals surface area (Å²) >= 11 is 0. The number of sulfone groups is 1. The third kappa shape index (κ3) is 4.85. The molecule has 1 aliphatic heterocycles. The number of rotatable bonds is 7. The van der Waals surface area contributed by atoms with Crippen molar-refractivity contribution in [3.8, 4) is 0 Å². The first-order chi connectivity index (χ1) is 16.9. The number of nitrogens with two attached hydrogens (primary N) is 1. The Morgan fingerprint density at radius 1 is 0.943 bits per heavy atom. The molecule has 35 heavy (non-hydrogen) atoms. The van der Waals surface area contributed by atoms with Gasteiger partial charge in [-0.1, -0.05) is 36.4 Å². The molecule has 1 aromatic heterocycles. The van der Waals surface area contributed by atoms with E-state index < -0.39 is 15.7 Å². The monoisotopic (exact) mass is 488 g/mol. The molecule has 0 saturated carbocycles. The summed E-state index contributed by atoms with van der Waals surface area (Å²) in [6.07, 6.45) is 2.84. The molecule has 1 amide bonds. The van der Waals surface area contributed by atoms with Gasteiger partial charge in [0.15, 0.2) is 0 Å². The van der Waals surface area contributed by atoms with E-state index in [-0.39, 0.29) is 0 Å². The first-order valence-corrected chi connectivity index (χ1v) is 13.3. The van der Waals surface area contributed by atoms with Crippen LogP contribution in [0.1, 0.15) is 40.5 Å². The number of hydrogen-bond acceptors (Lipinski definition) is 5. The molecular weight excluding hydrogens is 460 g/mol. The molecule has 0 spiro atoms. The average Bonchev–Trinajstić information content (AvgIpc) is 3.33. The topological polar surface area (TPSA) is 109 Å². The van der Waals surface area contributed by atoms with Crippen LogP contribution in [0.5, 0.6) is 0 Å². The summed E-state index contributed by atoms with van der Waals surface area (Å²) < 4.78 is 25.5. The maximum atomic E-state index is 12.8. The highest BCUT2D eigenvalue weighted by Crippen LogP contribution is 2.29. The molecule has 180 valence electrons. The highest BCUT2D eigenvalue weighted by molar-refractivity contribution is 7.91. The molecule has 0 bridgehead atoms. The van der Waals surface area contributed by atoms with Crippen molar-refractivity contribution >= 4 is 26.8 Å². The van der Waals surface area contributed by atoms with E-state index in [4.69, 9.17) is 10.7 Å². The standard InChI is InChI=1S/C27H28N4O3S/c28-26(32)23-7-4-8-24-25(23)30-27(29-24)20-14-17-31(18-15-20)16-13-19-9-11-22(12-10-19)35(33,34)21-5-2-1-3-6-21/h1-12,20H,13-18H2,(H2,28,32)(H,29,30). The van der Waals surface area contributed by atoms with Gasteiger partial charge in [0.2, 0.25) is 9.84 Å². The van der Waals surface area contributed by atoms with Gasteiger partial charge in [0.25, 0.3) is 5.91 Å². The largest absolute Gasteiger partial charge is 0.366 e. The van der Waals surface area contributed by atoms with Crippen LogP contribution < -0.4 is 5.73 Å². The second-order valence-electron chi connectivity index (χ2n) is 9.01. The Hall–Kier alpha value is -3.49. The number of piperidine rings is 1. The molecule has 0 unspecified atom stereocenters. The number of carbonyl (C=O) groups is 1. The van der Waals surface area contributed by atoms with Crippen molar-refractivity contribution in [3.63, 3.8) is 0 Å². The van der Waals surface area contributed by atoms with Crippen molar-refractivity contribution in [2.75, 3.05) is 19.6 Å². The van der Waals surface area contributed by atoms with Crippen LogP contribution in [0, 0.1) is 0 Å². The van der Waals surface area contributed by atoms with Crippen LogP contribution in [0.2, 0.25) is 0 Å². The summed E-state index contributed by atoms with van der Waals surface area (Å²) in [5.74, 6) is 0.777. The van der Waals surface area contributed by atoms with E-state index in [2.05, 4.69) is 9.88 Å². The number of carbonyl (C=O) groups excluding carboxylic acids is 1. The van der Waals surface area contributed by atoms with Crippen LogP contribution in [0.3, 0.4) is 0 Å². The van der Waals surface area contributed by atoms with Crippen molar-refractivity contribution in [1.82, 2.24) is 14.9 Å². The molecule has 7 nitrogen and oxygen atoms in total. The molecule has 8 heteroatoms. The third-order valence-corrected chi connectivity index (χ3v) is 8.56. The van der Waals surface area contributed by atoms with E-state index in [9.17, 15) is 13.2 Å². The zero-order valence-corrected chi connectivity index (χ0v) is 20.2. The van der Waals surface area contributed by atoms with Gasteiger partial charge < -0.3 is 15.6 Å². The lowest BCUT2D eigenvalue weighted by Crippen LogP contribution is -2.34. The maximum absolute atomic E-state index is 12.8. The lowest BCUT2D eigenvalue weighted by atomic mass is 9.96. The quantitative estimate of drug-likeness (QED) is 0.410. The Balaban J connectivity index is 1.17. The first kappa shape index (κ1) is 23.3. The van der Waals surface area contributed by atoms with Crippen LogP contribution >= 0.6 is 0 Å². The number of imidazole rings is 1. The Bertz CT molecular complexity index is 1440. The number of nitrogens with zero attached hydrogens (tertiary/aromatic N) is 2. The summed E-state index contributed by atoms with van der Waals surface area (Å²) in [7, 11) is -3.49. The van der Waals surface area contributed by atoms with Crippen molar-refractivity contribution in [2.24, 2.45) is 5.73 Å². The fourth-order valence-corrected chi connectivity index (χ4v) is 6.01. The number of amides is 1. The summed E-state index contributed by atoms with van der Waals surface area (Å²) in [6.45, 7) is 2.85. The minimum atomic E-state index is -3.49. The van der Waals surface area contributed by atoms with Gasteiger partial charge in [-0.15, -0.1) is 0 Å². The Morgan fingerprint density at radius 2 is 1.63 bits per heavy atom. The minimum absolute atomic E-state index is 0.311. The Kier molecular flexibility index (Phi) is 6.40. The summed E-state index contributed by atoms with van der Waals surface area (Å²) in [4.78, 5) is 22.8. The fourth-order valence-electron chi connectivity index (χ4n) is 4.73. The van der Waals surface area contributed by atoms with Gasteiger partial charge in [-0.3, -0.25) is 4.79 Å². The molecule has 1 saturated heterocycles. The van der Waals surface area contributed by atoms with Gasteiger partial charge in [-0.25, -0.2) is 13.4 Å². The van der Waals surface area contributed by atoms with Gasteiger partial charge in [0, 0.05) is 12.5 Å². The number of H-pyrrole nitrogens is 1. The molecule has 5 rings (SSSR count). The number of likely N-dealkylation sites (tertiary alicyclic amines) is 1. The summed E-state index contributed by atoms with van der Waals surface area (Å²) in [6, 6.07) is 21.2. The molecule has 0 atom stereocenters. The summed E-state index contributed by atoms with van der Waals surface area (Å²) in [5, 5.41) is 0. The molecule has 2 heterocycles. The zero-order chi connectivity index (χ0) is 24.4. The lowest BCUT2D eigenvalue weighted by Gasteiger charge is -2.31. The Labute approximate surface area is 204 Å². The lowest BCUT2D eigenvalue weighted by molar-refractivity contribution is 0.100. The first-order valence-electron chi connectivity index (χ1n) is 11.8. The van der Waals surface area contributed by atoms with E-state index in [1.54, 1.807) is 48.5 Å². The van der Waals surface area contributed by atoms with Crippen LogP contribution in [-0.4, -0.2) is 48.8 Å². The van der Waals surface area contributed by atoms with Crippen molar-refractivity contribution in [1.29, 1.82) is 0 Å². The zero-order valence-electron chi connectivity index (χ0n) is 19.4. The van der Waals surface area contributed by atoms with Gasteiger partial charge >= 0.3 is 0 Å². The van der Waals surface area contributed by atoms with Crippen LogP contribution in [0.15, 0.2) is 82.6 Å². The molecule has 3 N–H and O–H groups in total. The number of primary amides is 1. The smallest absolute Gasteiger partial charge is 0.250 e. The molecule has 0 aliphatic carbocycles. The number of fused-ring (bicyclic) bond motifs is 1. The van der Waals surface area contributed by atoms with E-state index >= 15 is 0 Å². The number of aromatic nitrogens is 2. The Morgan fingerprint density at radius 3 is 2.31 bits per heavy atom. The van der Waals surface area contributed by atoms with Crippen LogP contribution in [-0.2, 0) is 16.3 Å². The van der Waals surface area contributed by atoms with Gasteiger partial charge in [0.05, 0.1) is 20.9 Å². The third-order valence-electron chi connectivity index (χ3n) is 6.77. The predicted octanol–water partition coefficient (Wildman–Crippen LogP) is 3.92. The number of aromatic amines is 1. The van der Waals surface area contributed by atoms with Crippen molar-refractivity contribution in [2.45, 2.75) is 35.0 Å². The fraction of sp³-hybridized carbons (Fsp3) is 0.259. The molecule has 1 fully saturated rings.